The number of hydrogen-bond acceptors (Lipinski definition) is 4. The molecule has 2 heterocycles. The SMILES string of the molecule is CCn1nc(C)cc1C(=O)N(C)CC1CNCCO1. The van der Waals surface area contributed by atoms with Gasteiger partial charge < -0.3 is 15.0 Å². The molecule has 1 aliphatic heterocycles. The number of amides is 1. The number of rotatable bonds is 4. The molecular weight excluding hydrogens is 244 g/mol. The van der Waals surface area contributed by atoms with Crippen LogP contribution >= 0.6 is 0 Å². The summed E-state index contributed by atoms with van der Waals surface area (Å²) in [6, 6.07) is 1.84. The number of carbonyl (C=O) groups excluding carboxylic acids is 1. The van der Waals surface area contributed by atoms with E-state index in [-0.39, 0.29) is 12.0 Å². The molecule has 0 aromatic carbocycles. The van der Waals surface area contributed by atoms with Crippen LogP contribution < -0.4 is 5.32 Å². The second-order valence-corrected chi connectivity index (χ2v) is 4.87. The van der Waals surface area contributed by atoms with Gasteiger partial charge in [0.1, 0.15) is 5.69 Å². The Balaban J connectivity index is 2.01. The number of nitrogens with one attached hydrogen (secondary N) is 1. The summed E-state index contributed by atoms with van der Waals surface area (Å²) in [5, 5.41) is 7.57. The van der Waals surface area contributed by atoms with Crippen LogP contribution in [0.2, 0.25) is 0 Å². The van der Waals surface area contributed by atoms with Crippen molar-refractivity contribution in [2.75, 3.05) is 33.3 Å². The molecule has 1 aromatic rings. The van der Waals surface area contributed by atoms with Crippen LogP contribution in [0.5, 0.6) is 0 Å². The lowest BCUT2D eigenvalue weighted by atomic mass is 10.2. The van der Waals surface area contributed by atoms with Crippen LogP contribution in [0.25, 0.3) is 0 Å². The minimum Gasteiger partial charge on any atom is -0.374 e. The zero-order valence-corrected chi connectivity index (χ0v) is 11.8. The average molecular weight is 266 g/mol. The van der Waals surface area contributed by atoms with E-state index < -0.39 is 0 Å². The van der Waals surface area contributed by atoms with Crippen molar-refractivity contribution in [3.63, 3.8) is 0 Å². The molecule has 0 radical (unpaired) electrons. The van der Waals surface area contributed by atoms with Crippen molar-refractivity contribution in [1.82, 2.24) is 20.0 Å². The van der Waals surface area contributed by atoms with Crippen LogP contribution in [0.3, 0.4) is 0 Å². The summed E-state index contributed by atoms with van der Waals surface area (Å²) in [4.78, 5) is 14.1. The van der Waals surface area contributed by atoms with Crippen molar-refractivity contribution in [3.05, 3.63) is 17.5 Å². The Morgan fingerprint density at radius 3 is 3.11 bits per heavy atom. The molecule has 0 saturated carbocycles. The monoisotopic (exact) mass is 266 g/mol. The number of morpholine rings is 1. The van der Waals surface area contributed by atoms with Gasteiger partial charge in [-0.3, -0.25) is 9.48 Å². The zero-order chi connectivity index (χ0) is 13.8. The largest absolute Gasteiger partial charge is 0.374 e. The lowest BCUT2D eigenvalue weighted by Crippen LogP contribution is -2.46. The van der Waals surface area contributed by atoms with E-state index in [2.05, 4.69) is 10.4 Å². The van der Waals surface area contributed by atoms with Gasteiger partial charge in [0.25, 0.3) is 5.91 Å². The van der Waals surface area contributed by atoms with Crippen LogP contribution in [0, 0.1) is 6.92 Å². The standard InChI is InChI=1S/C13H22N4O2/c1-4-17-12(7-10(2)15-17)13(18)16(3)9-11-8-14-5-6-19-11/h7,11,14H,4-6,8-9H2,1-3H3. The molecule has 106 valence electrons. The van der Waals surface area contributed by atoms with E-state index in [1.807, 2.05) is 27.0 Å². The van der Waals surface area contributed by atoms with Crippen LogP contribution in [0.1, 0.15) is 23.1 Å². The second kappa shape index (κ2) is 6.16. The molecule has 0 bridgehead atoms. The first-order valence-electron chi connectivity index (χ1n) is 6.74. The van der Waals surface area contributed by atoms with Gasteiger partial charge in [-0.15, -0.1) is 0 Å². The third-order valence-corrected chi connectivity index (χ3v) is 3.25. The van der Waals surface area contributed by atoms with E-state index >= 15 is 0 Å². The molecule has 6 heteroatoms. The van der Waals surface area contributed by atoms with Gasteiger partial charge in [-0.25, -0.2) is 0 Å². The number of aryl methyl sites for hydroxylation is 2. The Kier molecular flexibility index (Phi) is 4.55. The third kappa shape index (κ3) is 3.33. The first-order valence-corrected chi connectivity index (χ1v) is 6.74. The minimum absolute atomic E-state index is 0.00313. The third-order valence-electron chi connectivity index (χ3n) is 3.25. The summed E-state index contributed by atoms with van der Waals surface area (Å²) in [5.74, 6) is -0.00313. The molecule has 0 spiro atoms. The Bertz CT molecular complexity index is 438. The van der Waals surface area contributed by atoms with Crippen molar-refractivity contribution in [3.8, 4) is 0 Å². The molecule has 6 nitrogen and oxygen atoms in total. The molecule has 1 amide bonds. The fraction of sp³-hybridized carbons (Fsp3) is 0.692. The average Bonchev–Trinajstić information content (AvgIpc) is 2.80. The van der Waals surface area contributed by atoms with Crippen molar-refractivity contribution in [2.24, 2.45) is 0 Å². The van der Waals surface area contributed by atoms with Crippen molar-refractivity contribution in [2.45, 2.75) is 26.5 Å². The quantitative estimate of drug-likeness (QED) is 0.850. The predicted molar refractivity (Wildman–Crippen MR) is 72.2 cm³/mol. The minimum atomic E-state index is -0.00313. The molecule has 1 N–H and O–H groups in total. The Morgan fingerprint density at radius 2 is 2.47 bits per heavy atom. The fourth-order valence-corrected chi connectivity index (χ4v) is 2.28. The maximum Gasteiger partial charge on any atom is 0.271 e. The molecular formula is C13H22N4O2. The van der Waals surface area contributed by atoms with E-state index in [9.17, 15) is 4.79 Å². The maximum absolute atomic E-state index is 12.4. The maximum atomic E-state index is 12.4. The summed E-state index contributed by atoms with van der Waals surface area (Å²) in [5.41, 5.74) is 1.51. The van der Waals surface area contributed by atoms with Gasteiger partial charge in [-0.05, 0) is 19.9 Å². The first-order chi connectivity index (χ1) is 9.11. The Labute approximate surface area is 113 Å². The Morgan fingerprint density at radius 1 is 1.68 bits per heavy atom. The number of ether oxygens (including phenoxy) is 1. The summed E-state index contributed by atoms with van der Waals surface area (Å²) in [6.07, 6.45) is 0.0711. The Hall–Kier alpha value is -1.40. The first kappa shape index (κ1) is 14.0. The smallest absolute Gasteiger partial charge is 0.271 e. The summed E-state index contributed by atoms with van der Waals surface area (Å²) in [7, 11) is 1.81. The highest BCUT2D eigenvalue weighted by Gasteiger charge is 2.22. The highest BCUT2D eigenvalue weighted by molar-refractivity contribution is 5.92. The van der Waals surface area contributed by atoms with Gasteiger partial charge in [0.2, 0.25) is 0 Å². The van der Waals surface area contributed by atoms with E-state index in [1.165, 1.54) is 0 Å². The molecule has 1 fully saturated rings. The fourth-order valence-electron chi connectivity index (χ4n) is 2.28. The predicted octanol–water partition coefficient (Wildman–Crippen LogP) is 0.272. The van der Waals surface area contributed by atoms with Gasteiger partial charge in [-0.2, -0.15) is 5.10 Å². The van der Waals surface area contributed by atoms with Crippen LogP contribution in [0.15, 0.2) is 6.07 Å². The van der Waals surface area contributed by atoms with Gasteiger partial charge >= 0.3 is 0 Å². The van der Waals surface area contributed by atoms with Gasteiger partial charge in [-0.1, -0.05) is 0 Å². The van der Waals surface area contributed by atoms with Crippen LogP contribution in [-0.2, 0) is 11.3 Å². The van der Waals surface area contributed by atoms with E-state index in [1.54, 1.807) is 9.58 Å². The lowest BCUT2D eigenvalue weighted by molar-refractivity contribution is 0.0101. The number of hydrogen-bond donors (Lipinski definition) is 1. The molecule has 19 heavy (non-hydrogen) atoms. The highest BCUT2D eigenvalue weighted by Crippen LogP contribution is 2.08. The van der Waals surface area contributed by atoms with Gasteiger partial charge in [0.05, 0.1) is 18.4 Å². The van der Waals surface area contributed by atoms with Gasteiger partial charge in [0.15, 0.2) is 0 Å². The normalized spacial score (nSPS) is 19.4. The van der Waals surface area contributed by atoms with Crippen LogP contribution in [-0.4, -0.2) is 60.0 Å². The molecule has 1 atom stereocenters. The van der Waals surface area contributed by atoms with E-state index in [0.29, 0.717) is 25.4 Å². The van der Waals surface area contributed by atoms with Crippen molar-refractivity contribution >= 4 is 5.91 Å². The highest BCUT2D eigenvalue weighted by atomic mass is 16.5. The summed E-state index contributed by atoms with van der Waals surface area (Å²) >= 11 is 0. The molecule has 1 saturated heterocycles. The summed E-state index contributed by atoms with van der Waals surface area (Å²) < 4.78 is 7.36. The van der Waals surface area contributed by atoms with Gasteiger partial charge in [0, 0.05) is 33.2 Å². The van der Waals surface area contributed by atoms with E-state index in [0.717, 1.165) is 18.8 Å². The van der Waals surface area contributed by atoms with E-state index in [4.69, 9.17) is 4.74 Å². The second-order valence-electron chi connectivity index (χ2n) is 4.87. The molecule has 1 unspecified atom stereocenters. The number of aromatic nitrogens is 2. The van der Waals surface area contributed by atoms with Crippen LogP contribution in [0.4, 0.5) is 0 Å². The number of nitrogens with zero attached hydrogens (tertiary/aromatic N) is 3. The number of carbonyl (C=O) groups is 1. The number of likely N-dealkylation sites (N-methyl/N-ethyl adjacent to an activating group) is 1. The molecule has 1 aliphatic rings. The topological polar surface area (TPSA) is 59.4 Å². The lowest BCUT2D eigenvalue weighted by Gasteiger charge is -2.28. The summed E-state index contributed by atoms with van der Waals surface area (Å²) in [6.45, 7) is 7.57. The molecule has 0 aliphatic carbocycles. The van der Waals surface area contributed by atoms with Crippen molar-refractivity contribution in [1.29, 1.82) is 0 Å². The van der Waals surface area contributed by atoms with Crippen molar-refractivity contribution < 1.29 is 9.53 Å². The molecule has 1 aromatic heterocycles. The zero-order valence-electron chi connectivity index (χ0n) is 11.8. The molecule has 2 rings (SSSR count).